The third-order valence-corrected chi connectivity index (χ3v) is 3.84. The molecule has 0 aromatic heterocycles. The molecule has 15 nitrogen and oxygen atoms in total. The molecule has 0 fully saturated rings. The van der Waals surface area contributed by atoms with Gasteiger partial charge in [-0.05, 0) is 13.3 Å². The fraction of sp³-hybridized carbons (Fsp3) is 0.562. The Hall–Kier alpha value is -3.75. The van der Waals surface area contributed by atoms with Gasteiger partial charge in [0, 0.05) is 6.42 Å². The van der Waals surface area contributed by atoms with Gasteiger partial charge in [0.2, 0.25) is 35.4 Å². The van der Waals surface area contributed by atoms with Gasteiger partial charge in [0.15, 0.2) is 0 Å². The number of nitrogens with two attached hydrogens (primary N) is 4. The van der Waals surface area contributed by atoms with Gasteiger partial charge in [-0.1, -0.05) is 0 Å². The predicted octanol–water partition coefficient (Wildman–Crippen LogP) is -5.11. The molecule has 15 heteroatoms. The average Bonchev–Trinajstić information content (AvgIpc) is 2.63. The Balaban J connectivity index is 5.36. The van der Waals surface area contributed by atoms with Crippen LogP contribution in [0.15, 0.2) is 0 Å². The number of primary amides is 3. The smallest absolute Gasteiger partial charge is 0.325 e. The van der Waals surface area contributed by atoms with Crippen molar-refractivity contribution in [2.75, 3.05) is 0 Å². The van der Waals surface area contributed by atoms with E-state index in [-0.39, 0.29) is 12.8 Å². The van der Waals surface area contributed by atoms with Crippen LogP contribution in [-0.2, 0) is 33.6 Å². The molecular weight excluding hydrogens is 418 g/mol. The van der Waals surface area contributed by atoms with Crippen molar-refractivity contribution in [3.8, 4) is 0 Å². The maximum Gasteiger partial charge on any atom is 0.325 e. The molecule has 0 aliphatic rings. The van der Waals surface area contributed by atoms with Gasteiger partial charge in [-0.15, -0.1) is 0 Å². The fourth-order valence-electron chi connectivity index (χ4n) is 2.18. The number of carboxylic acids is 1. The first-order chi connectivity index (χ1) is 14.2. The molecule has 174 valence electrons. The maximum atomic E-state index is 12.5. The number of amides is 6. The Bertz CT molecular complexity index is 741. The van der Waals surface area contributed by atoms with E-state index in [1.807, 2.05) is 0 Å². The molecule has 0 heterocycles. The number of carbonyl (C=O) groups is 7. The lowest BCUT2D eigenvalue weighted by Gasteiger charge is -2.23. The first kappa shape index (κ1) is 27.2. The molecule has 0 radical (unpaired) electrons. The highest BCUT2D eigenvalue weighted by Crippen LogP contribution is 2.01. The molecule has 0 aromatic rings. The zero-order valence-electron chi connectivity index (χ0n) is 16.8. The molecule has 0 saturated heterocycles. The predicted molar refractivity (Wildman–Crippen MR) is 103 cm³/mol. The Morgan fingerprint density at radius 1 is 0.742 bits per heavy atom. The van der Waals surface area contributed by atoms with E-state index in [9.17, 15) is 33.6 Å². The van der Waals surface area contributed by atoms with Crippen molar-refractivity contribution in [3.63, 3.8) is 0 Å². The van der Waals surface area contributed by atoms with E-state index in [1.54, 1.807) is 0 Å². The minimum absolute atomic E-state index is 0.133. The van der Waals surface area contributed by atoms with Crippen LogP contribution < -0.4 is 38.9 Å². The highest BCUT2D eigenvalue weighted by molar-refractivity contribution is 5.97. The average molecular weight is 445 g/mol. The van der Waals surface area contributed by atoms with E-state index in [1.165, 1.54) is 0 Å². The Kier molecular flexibility index (Phi) is 11.2. The Labute approximate surface area is 176 Å². The van der Waals surface area contributed by atoms with Crippen LogP contribution >= 0.6 is 0 Å². The molecule has 0 aliphatic carbocycles. The second kappa shape index (κ2) is 12.7. The van der Waals surface area contributed by atoms with E-state index in [0.717, 1.165) is 6.92 Å². The molecule has 12 N–H and O–H groups in total. The van der Waals surface area contributed by atoms with Crippen LogP contribution in [0.3, 0.4) is 0 Å². The highest BCUT2D eigenvalue weighted by atomic mass is 16.4. The minimum atomic E-state index is -1.59. The van der Waals surface area contributed by atoms with Crippen molar-refractivity contribution >= 4 is 41.4 Å². The van der Waals surface area contributed by atoms with Gasteiger partial charge in [0.1, 0.15) is 18.1 Å². The molecule has 4 unspecified atom stereocenters. The zero-order chi connectivity index (χ0) is 24.3. The SMILES string of the molecule is CC(NC(=O)C(CC(N)=O)NC(=O)C(CC(N)=O)NC(=O)C(N)CCC(N)=O)C(=O)O. The van der Waals surface area contributed by atoms with E-state index in [4.69, 9.17) is 28.0 Å². The van der Waals surface area contributed by atoms with Crippen molar-refractivity contribution in [2.45, 2.75) is 56.8 Å². The third-order valence-electron chi connectivity index (χ3n) is 3.84. The number of carboxylic acid groups (broad SMARTS) is 1. The normalized spacial score (nSPS) is 14.3. The summed E-state index contributed by atoms with van der Waals surface area (Å²) in [6.45, 7) is 1.15. The van der Waals surface area contributed by atoms with Crippen LogP contribution in [0.2, 0.25) is 0 Å². The molecule has 6 amide bonds. The largest absolute Gasteiger partial charge is 0.480 e. The number of hydrogen-bond acceptors (Lipinski definition) is 8. The van der Waals surface area contributed by atoms with E-state index >= 15 is 0 Å². The van der Waals surface area contributed by atoms with Crippen molar-refractivity contribution < 1.29 is 38.7 Å². The Morgan fingerprint density at radius 2 is 1.16 bits per heavy atom. The molecule has 0 spiro atoms. The summed E-state index contributed by atoms with van der Waals surface area (Å²) in [6, 6.07) is -5.76. The van der Waals surface area contributed by atoms with Crippen LogP contribution in [0.4, 0.5) is 0 Å². The summed E-state index contributed by atoms with van der Waals surface area (Å²) in [5.74, 6) is -7.08. The molecule has 4 atom stereocenters. The third kappa shape index (κ3) is 11.1. The number of rotatable bonds is 14. The number of nitrogens with one attached hydrogen (secondary N) is 3. The van der Waals surface area contributed by atoms with Gasteiger partial charge >= 0.3 is 5.97 Å². The van der Waals surface area contributed by atoms with Crippen molar-refractivity contribution in [2.24, 2.45) is 22.9 Å². The lowest BCUT2D eigenvalue weighted by atomic mass is 10.1. The van der Waals surface area contributed by atoms with Crippen LogP contribution in [-0.4, -0.2) is 70.7 Å². The van der Waals surface area contributed by atoms with Gasteiger partial charge in [-0.3, -0.25) is 33.6 Å². The van der Waals surface area contributed by atoms with E-state index in [2.05, 4.69) is 16.0 Å². The number of aliphatic carboxylic acids is 1. The van der Waals surface area contributed by atoms with Crippen molar-refractivity contribution in [1.29, 1.82) is 0 Å². The fourth-order valence-corrected chi connectivity index (χ4v) is 2.18. The summed E-state index contributed by atoms with van der Waals surface area (Å²) >= 11 is 0. The van der Waals surface area contributed by atoms with Gasteiger partial charge in [-0.2, -0.15) is 0 Å². The van der Waals surface area contributed by atoms with Crippen LogP contribution in [0.5, 0.6) is 0 Å². The summed E-state index contributed by atoms with van der Waals surface area (Å²) in [6.07, 6.45) is -1.72. The molecule has 0 saturated carbocycles. The zero-order valence-corrected chi connectivity index (χ0v) is 16.8. The second-order valence-electron chi connectivity index (χ2n) is 6.64. The quantitative estimate of drug-likeness (QED) is 0.127. The number of hydrogen-bond donors (Lipinski definition) is 8. The van der Waals surface area contributed by atoms with Gasteiger partial charge < -0.3 is 44.0 Å². The minimum Gasteiger partial charge on any atom is -0.480 e. The van der Waals surface area contributed by atoms with Gasteiger partial charge in [0.25, 0.3) is 0 Å². The van der Waals surface area contributed by atoms with E-state index in [0.29, 0.717) is 0 Å². The standard InChI is InChI=1S/C16H27N7O8/c1-6(16(30)31)21-14(28)8(4-11(19)25)23-15(29)9(5-12(20)26)22-13(27)7(17)2-3-10(18)24/h6-9H,2-5,17H2,1H3,(H2,18,24)(H2,19,25)(H2,20,26)(H,21,28)(H,22,27)(H,23,29)(H,30,31). The highest BCUT2D eigenvalue weighted by Gasteiger charge is 2.31. The first-order valence-corrected chi connectivity index (χ1v) is 8.99. The molecule has 31 heavy (non-hydrogen) atoms. The lowest BCUT2D eigenvalue weighted by Crippen LogP contribution is -2.58. The summed E-state index contributed by atoms with van der Waals surface area (Å²) in [5.41, 5.74) is 20.7. The molecular formula is C16H27N7O8. The maximum absolute atomic E-state index is 12.5. The van der Waals surface area contributed by atoms with Gasteiger partial charge in [-0.25, -0.2) is 0 Å². The van der Waals surface area contributed by atoms with Crippen molar-refractivity contribution in [3.05, 3.63) is 0 Å². The summed E-state index contributed by atoms with van der Waals surface area (Å²) in [7, 11) is 0. The van der Waals surface area contributed by atoms with Crippen LogP contribution in [0.1, 0.15) is 32.6 Å². The molecule has 0 bridgehead atoms. The molecule has 0 aromatic carbocycles. The Morgan fingerprint density at radius 3 is 1.55 bits per heavy atom. The first-order valence-electron chi connectivity index (χ1n) is 8.99. The van der Waals surface area contributed by atoms with Crippen LogP contribution in [0, 0.1) is 0 Å². The van der Waals surface area contributed by atoms with Crippen LogP contribution in [0.25, 0.3) is 0 Å². The number of carbonyl (C=O) groups excluding carboxylic acids is 6. The van der Waals surface area contributed by atoms with E-state index < -0.39 is 78.4 Å². The lowest BCUT2D eigenvalue weighted by molar-refractivity contribution is -0.142. The van der Waals surface area contributed by atoms with Crippen molar-refractivity contribution in [1.82, 2.24) is 16.0 Å². The summed E-state index contributed by atoms with van der Waals surface area (Å²) in [5, 5.41) is 15.2. The monoisotopic (exact) mass is 445 g/mol. The van der Waals surface area contributed by atoms with Gasteiger partial charge in [0.05, 0.1) is 18.9 Å². The molecule has 0 aliphatic heterocycles. The second-order valence-corrected chi connectivity index (χ2v) is 6.64. The summed E-state index contributed by atoms with van der Waals surface area (Å²) in [4.78, 5) is 81.0. The summed E-state index contributed by atoms with van der Waals surface area (Å²) < 4.78 is 0. The topological polar surface area (TPSA) is 280 Å². The molecule has 0 rings (SSSR count).